The average molecular weight is 366 g/mol. The summed E-state index contributed by atoms with van der Waals surface area (Å²) in [5.41, 5.74) is 1.18. The Labute approximate surface area is 154 Å². The van der Waals surface area contributed by atoms with Crippen LogP contribution in [0.25, 0.3) is 0 Å². The van der Waals surface area contributed by atoms with E-state index in [1.807, 2.05) is 16.3 Å². The van der Waals surface area contributed by atoms with Gasteiger partial charge in [0, 0.05) is 30.2 Å². The second-order valence-corrected chi connectivity index (χ2v) is 7.09. The zero-order chi connectivity index (χ0) is 17.9. The number of aromatic amines is 1. The molecule has 1 fully saturated rings. The molecule has 0 bridgehead atoms. The number of nitrogens with zero attached hydrogens (tertiary/aromatic N) is 2. The lowest BCUT2D eigenvalue weighted by atomic mass is 10.1. The van der Waals surface area contributed by atoms with E-state index >= 15 is 0 Å². The van der Waals surface area contributed by atoms with Gasteiger partial charge in [-0.2, -0.15) is 0 Å². The second kappa shape index (κ2) is 7.13. The molecular weight excluding hydrogens is 348 g/mol. The number of thiophene rings is 1. The molecule has 0 saturated carbocycles. The van der Waals surface area contributed by atoms with Crippen LogP contribution in [-0.2, 0) is 0 Å². The van der Waals surface area contributed by atoms with Crippen LogP contribution in [0.15, 0.2) is 54.2 Å². The normalized spacial score (nSPS) is 16.6. The van der Waals surface area contributed by atoms with E-state index in [0.717, 1.165) is 18.7 Å². The van der Waals surface area contributed by atoms with Gasteiger partial charge in [0.1, 0.15) is 5.82 Å². The Kier molecular flexibility index (Phi) is 4.53. The minimum atomic E-state index is -0.167. The molecule has 0 radical (unpaired) electrons. The third-order valence-corrected chi connectivity index (χ3v) is 5.33. The highest BCUT2D eigenvalue weighted by Gasteiger charge is 2.32. The second-order valence-electron chi connectivity index (χ2n) is 6.14. The summed E-state index contributed by atoms with van der Waals surface area (Å²) < 4.78 is 0. The van der Waals surface area contributed by atoms with Crippen molar-refractivity contribution in [2.24, 2.45) is 0 Å². The molecule has 6 nitrogen and oxygen atoms in total. The lowest BCUT2D eigenvalue weighted by Crippen LogP contribution is -2.31. The average Bonchev–Trinajstić information content (AvgIpc) is 3.43. The third kappa shape index (κ3) is 3.25. The summed E-state index contributed by atoms with van der Waals surface area (Å²) in [6, 6.07) is 10.7. The Morgan fingerprint density at radius 3 is 2.96 bits per heavy atom. The van der Waals surface area contributed by atoms with Crippen molar-refractivity contribution in [2.45, 2.75) is 18.9 Å². The molecule has 2 amide bonds. The molecule has 0 spiro atoms. The van der Waals surface area contributed by atoms with Crippen molar-refractivity contribution in [3.05, 3.63) is 70.4 Å². The van der Waals surface area contributed by atoms with Crippen LogP contribution in [0.4, 0.5) is 5.69 Å². The largest absolute Gasteiger partial charge is 0.347 e. The standard InChI is InChI=1S/C19H18N4O2S/c24-18(16-7-3-11-26-16)22-14-5-1-4-13(12-14)19(25)23-10-2-6-15(23)17-20-8-9-21-17/h1,3-5,7-9,11-12,15H,2,6,10H2,(H,20,21)(H,22,24)/t15-/m0/s1. The van der Waals surface area contributed by atoms with Gasteiger partial charge in [0.15, 0.2) is 0 Å². The summed E-state index contributed by atoms with van der Waals surface area (Å²) in [4.78, 5) is 35.1. The highest BCUT2D eigenvalue weighted by Crippen LogP contribution is 2.31. The number of amides is 2. The molecule has 1 saturated heterocycles. The first-order valence-corrected chi connectivity index (χ1v) is 9.35. The molecule has 1 aliphatic heterocycles. The molecule has 2 aromatic heterocycles. The Bertz CT molecular complexity index is 906. The first-order valence-electron chi connectivity index (χ1n) is 8.47. The highest BCUT2D eigenvalue weighted by molar-refractivity contribution is 7.12. The van der Waals surface area contributed by atoms with Gasteiger partial charge in [-0.05, 0) is 42.5 Å². The molecule has 1 aliphatic rings. The number of benzene rings is 1. The molecule has 0 aliphatic carbocycles. The Morgan fingerprint density at radius 2 is 2.19 bits per heavy atom. The van der Waals surface area contributed by atoms with Gasteiger partial charge in [-0.3, -0.25) is 9.59 Å². The summed E-state index contributed by atoms with van der Waals surface area (Å²) in [6.45, 7) is 0.704. The zero-order valence-corrected chi connectivity index (χ0v) is 14.8. The number of likely N-dealkylation sites (tertiary alicyclic amines) is 1. The maximum Gasteiger partial charge on any atom is 0.265 e. The van der Waals surface area contributed by atoms with Crippen LogP contribution in [0.2, 0.25) is 0 Å². The lowest BCUT2D eigenvalue weighted by molar-refractivity contribution is 0.0730. The Morgan fingerprint density at radius 1 is 1.27 bits per heavy atom. The van der Waals surface area contributed by atoms with Crippen molar-refractivity contribution in [2.75, 3.05) is 11.9 Å². The minimum absolute atomic E-state index is 0.0260. The smallest absolute Gasteiger partial charge is 0.265 e. The summed E-state index contributed by atoms with van der Waals surface area (Å²) >= 11 is 1.38. The van der Waals surface area contributed by atoms with Gasteiger partial charge in [-0.25, -0.2) is 4.98 Å². The van der Waals surface area contributed by atoms with Gasteiger partial charge in [0.05, 0.1) is 10.9 Å². The zero-order valence-electron chi connectivity index (χ0n) is 14.0. The van der Waals surface area contributed by atoms with Gasteiger partial charge < -0.3 is 15.2 Å². The fourth-order valence-corrected chi connectivity index (χ4v) is 3.87. The number of carbonyl (C=O) groups is 2. The van der Waals surface area contributed by atoms with Crippen LogP contribution in [0.3, 0.4) is 0 Å². The van der Waals surface area contributed by atoms with Gasteiger partial charge in [-0.15, -0.1) is 11.3 Å². The SMILES string of the molecule is O=C(Nc1cccc(C(=O)N2CCC[C@H]2c2ncc[nH]2)c1)c1cccs1. The van der Waals surface area contributed by atoms with Crippen molar-refractivity contribution in [1.82, 2.24) is 14.9 Å². The lowest BCUT2D eigenvalue weighted by Gasteiger charge is -2.23. The Balaban J connectivity index is 1.52. The molecule has 3 heterocycles. The molecule has 132 valence electrons. The van der Waals surface area contributed by atoms with Gasteiger partial charge in [0.2, 0.25) is 0 Å². The van der Waals surface area contributed by atoms with Crippen LogP contribution in [0.5, 0.6) is 0 Å². The highest BCUT2D eigenvalue weighted by atomic mass is 32.1. The number of carbonyl (C=O) groups excluding carboxylic acids is 2. The number of rotatable bonds is 4. The summed E-state index contributed by atoms with van der Waals surface area (Å²) in [5, 5.41) is 4.71. The number of imidazole rings is 1. The molecule has 0 unspecified atom stereocenters. The molecule has 1 aromatic carbocycles. The van der Waals surface area contributed by atoms with Crippen molar-refractivity contribution in [3.63, 3.8) is 0 Å². The van der Waals surface area contributed by atoms with Crippen molar-refractivity contribution in [3.8, 4) is 0 Å². The first kappa shape index (κ1) is 16.5. The molecular formula is C19H18N4O2S. The predicted molar refractivity (Wildman–Crippen MR) is 100 cm³/mol. The van der Waals surface area contributed by atoms with E-state index in [9.17, 15) is 9.59 Å². The summed E-state index contributed by atoms with van der Waals surface area (Å²) in [6.07, 6.45) is 5.33. The first-order chi connectivity index (χ1) is 12.7. The van der Waals surface area contributed by atoms with Crippen LogP contribution in [-0.4, -0.2) is 33.2 Å². The van der Waals surface area contributed by atoms with Crippen molar-refractivity contribution >= 4 is 28.8 Å². The van der Waals surface area contributed by atoms with Crippen molar-refractivity contribution < 1.29 is 9.59 Å². The maximum atomic E-state index is 13.0. The van der Waals surface area contributed by atoms with Gasteiger partial charge in [0.25, 0.3) is 11.8 Å². The van der Waals surface area contributed by atoms with E-state index in [4.69, 9.17) is 0 Å². The molecule has 4 rings (SSSR count). The van der Waals surface area contributed by atoms with Crippen LogP contribution in [0, 0.1) is 0 Å². The third-order valence-electron chi connectivity index (χ3n) is 4.46. The van der Waals surface area contributed by atoms with Crippen LogP contribution >= 0.6 is 11.3 Å². The van der Waals surface area contributed by atoms with E-state index in [0.29, 0.717) is 22.7 Å². The molecule has 2 N–H and O–H groups in total. The van der Waals surface area contributed by atoms with Gasteiger partial charge >= 0.3 is 0 Å². The summed E-state index contributed by atoms with van der Waals surface area (Å²) in [7, 11) is 0. The molecule has 3 aromatic rings. The number of nitrogens with one attached hydrogen (secondary N) is 2. The van der Waals surface area contributed by atoms with E-state index in [2.05, 4.69) is 15.3 Å². The number of anilines is 1. The number of hydrogen-bond donors (Lipinski definition) is 2. The fourth-order valence-electron chi connectivity index (χ4n) is 3.25. The van der Waals surface area contributed by atoms with Crippen LogP contribution in [0.1, 0.15) is 44.7 Å². The van der Waals surface area contributed by atoms with Crippen LogP contribution < -0.4 is 5.32 Å². The molecule has 26 heavy (non-hydrogen) atoms. The molecule has 7 heteroatoms. The number of hydrogen-bond acceptors (Lipinski definition) is 4. The number of H-pyrrole nitrogens is 1. The topological polar surface area (TPSA) is 78.1 Å². The Hall–Kier alpha value is -2.93. The van der Waals surface area contributed by atoms with Crippen molar-refractivity contribution in [1.29, 1.82) is 0 Å². The number of aromatic nitrogens is 2. The van der Waals surface area contributed by atoms with E-state index in [1.54, 1.807) is 42.7 Å². The van der Waals surface area contributed by atoms with E-state index < -0.39 is 0 Å². The quantitative estimate of drug-likeness (QED) is 0.739. The molecule has 1 atom stereocenters. The fraction of sp³-hybridized carbons (Fsp3) is 0.211. The monoisotopic (exact) mass is 366 g/mol. The van der Waals surface area contributed by atoms with Gasteiger partial charge in [-0.1, -0.05) is 12.1 Å². The maximum absolute atomic E-state index is 13.0. The summed E-state index contributed by atoms with van der Waals surface area (Å²) in [5.74, 6) is 0.605. The van der Waals surface area contributed by atoms with E-state index in [-0.39, 0.29) is 17.9 Å². The predicted octanol–water partition coefficient (Wildman–Crippen LogP) is 3.70. The van der Waals surface area contributed by atoms with E-state index in [1.165, 1.54) is 11.3 Å². The minimum Gasteiger partial charge on any atom is -0.347 e.